The predicted octanol–water partition coefficient (Wildman–Crippen LogP) is 2.82. The summed E-state index contributed by atoms with van der Waals surface area (Å²) >= 11 is 1.45. The van der Waals surface area contributed by atoms with Gasteiger partial charge in [0.25, 0.3) is 5.91 Å². The summed E-state index contributed by atoms with van der Waals surface area (Å²) in [6.45, 7) is 9.22. The molecule has 2 aromatic heterocycles. The summed E-state index contributed by atoms with van der Waals surface area (Å²) in [5.74, 6) is 1.24. The second-order valence-corrected chi connectivity index (χ2v) is 7.99. The predicted molar refractivity (Wildman–Crippen MR) is 116 cm³/mol. The number of guanidine groups is 1. The van der Waals surface area contributed by atoms with Gasteiger partial charge in [0.1, 0.15) is 0 Å². The van der Waals surface area contributed by atoms with Crippen molar-refractivity contribution in [1.29, 1.82) is 0 Å². The largest absolute Gasteiger partial charge is 0.357 e. The third-order valence-electron chi connectivity index (χ3n) is 4.21. The van der Waals surface area contributed by atoms with Crippen LogP contribution in [-0.2, 0) is 13.6 Å². The van der Waals surface area contributed by atoms with E-state index in [1.807, 2.05) is 36.3 Å². The molecule has 0 fully saturated rings. The number of aryl methyl sites for hydroxylation is 1. The third-order valence-corrected chi connectivity index (χ3v) is 5.08. The van der Waals surface area contributed by atoms with E-state index in [0.29, 0.717) is 19.0 Å². The van der Waals surface area contributed by atoms with Gasteiger partial charge in [-0.25, -0.2) is 0 Å². The Morgan fingerprint density at radius 2 is 2.18 bits per heavy atom. The van der Waals surface area contributed by atoms with Crippen LogP contribution in [0.3, 0.4) is 0 Å². The first-order chi connectivity index (χ1) is 13.4. The van der Waals surface area contributed by atoms with E-state index < -0.39 is 0 Å². The Kier molecular flexibility index (Phi) is 8.50. The molecule has 0 unspecified atom stereocenters. The van der Waals surface area contributed by atoms with Crippen LogP contribution in [0.15, 0.2) is 28.7 Å². The minimum Gasteiger partial charge on any atom is -0.357 e. The lowest BCUT2D eigenvalue weighted by molar-refractivity contribution is 0.0957. The summed E-state index contributed by atoms with van der Waals surface area (Å²) in [4.78, 5) is 19.5. The molecule has 2 rings (SSSR count). The molecular weight excluding hydrogens is 372 g/mol. The molecule has 2 heterocycles. The van der Waals surface area contributed by atoms with Crippen LogP contribution >= 0.6 is 11.3 Å². The summed E-state index contributed by atoms with van der Waals surface area (Å²) in [5, 5.41) is 12.8. The minimum atomic E-state index is -0.0132. The van der Waals surface area contributed by atoms with Crippen molar-refractivity contribution in [2.45, 2.75) is 39.7 Å². The zero-order valence-electron chi connectivity index (χ0n) is 17.5. The van der Waals surface area contributed by atoms with E-state index >= 15 is 0 Å². The fraction of sp³-hybridized carbons (Fsp3) is 0.550. The van der Waals surface area contributed by atoms with Crippen molar-refractivity contribution >= 4 is 23.2 Å². The molecule has 0 saturated heterocycles. The standard InChI is InChI=1S/C20H32N6OS/c1-6-21-20(23-11-8-10-22-19(27)17-9-7-12-28-17)25(4)13-16-14-26(5)24-18(16)15(2)3/h7,9,12,14-15H,6,8,10-11,13H2,1-5H3,(H,21,23)(H,22,27). The molecule has 8 heteroatoms. The topological polar surface area (TPSA) is 74.6 Å². The second kappa shape index (κ2) is 10.8. The Morgan fingerprint density at radius 1 is 1.39 bits per heavy atom. The Bertz CT molecular complexity index is 766. The molecule has 0 aliphatic carbocycles. The van der Waals surface area contributed by atoms with Crippen LogP contribution in [0.25, 0.3) is 0 Å². The average Bonchev–Trinajstić information content (AvgIpc) is 3.30. The van der Waals surface area contributed by atoms with Crippen LogP contribution in [-0.4, -0.2) is 53.2 Å². The number of carbonyl (C=O) groups is 1. The molecule has 1 amide bonds. The number of nitrogens with one attached hydrogen (secondary N) is 2. The lowest BCUT2D eigenvalue weighted by atomic mass is 10.1. The highest BCUT2D eigenvalue weighted by Gasteiger charge is 2.15. The van der Waals surface area contributed by atoms with Crippen molar-refractivity contribution in [3.63, 3.8) is 0 Å². The molecule has 0 bridgehead atoms. The number of carbonyl (C=O) groups excluding carboxylic acids is 1. The van der Waals surface area contributed by atoms with Gasteiger partial charge in [-0.05, 0) is 30.7 Å². The van der Waals surface area contributed by atoms with Crippen molar-refractivity contribution in [3.8, 4) is 0 Å². The zero-order valence-corrected chi connectivity index (χ0v) is 18.3. The molecular formula is C20H32N6OS. The molecule has 0 aliphatic heterocycles. The van der Waals surface area contributed by atoms with Gasteiger partial charge in [-0.3, -0.25) is 14.5 Å². The fourth-order valence-corrected chi connectivity index (χ4v) is 3.56. The van der Waals surface area contributed by atoms with E-state index in [9.17, 15) is 4.79 Å². The third kappa shape index (κ3) is 6.37. The molecule has 28 heavy (non-hydrogen) atoms. The van der Waals surface area contributed by atoms with Crippen LogP contribution in [0, 0.1) is 0 Å². The molecule has 0 spiro atoms. The van der Waals surface area contributed by atoms with Gasteiger partial charge in [0.15, 0.2) is 5.96 Å². The van der Waals surface area contributed by atoms with Gasteiger partial charge in [-0.2, -0.15) is 5.10 Å². The Hall–Kier alpha value is -2.35. The maximum absolute atomic E-state index is 11.9. The number of aliphatic imine (C=N–C) groups is 1. The first kappa shape index (κ1) is 21.9. The summed E-state index contributed by atoms with van der Waals surface area (Å²) in [7, 11) is 4.00. The van der Waals surface area contributed by atoms with Crippen molar-refractivity contribution in [2.24, 2.45) is 12.0 Å². The van der Waals surface area contributed by atoms with E-state index in [2.05, 4.69) is 47.6 Å². The number of amides is 1. The van der Waals surface area contributed by atoms with Crippen LogP contribution in [0.5, 0.6) is 0 Å². The summed E-state index contributed by atoms with van der Waals surface area (Å²) in [6.07, 6.45) is 2.87. The van der Waals surface area contributed by atoms with Crippen molar-refractivity contribution in [1.82, 2.24) is 25.3 Å². The van der Waals surface area contributed by atoms with E-state index in [4.69, 9.17) is 4.99 Å². The van der Waals surface area contributed by atoms with Gasteiger partial charge in [-0.15, -0.1) is 11.3 Å². The Balaban J connectivity index is 1.87. The number of aromatic nitrogens is 2. The number of thiophene rings is 1. The van der Waals surface area contributed by atoms with Crippen LogP contribution in [0.4, 0.5) is 0 Å². The van der Waals surface area contributed by atoms with Gasteiger partial charge >= 0.3 is 0 Å². The second-order valence-electron chi connectivity index (χ2n) is 7.05. The first-order valence-corrected chi connectivity index (χ1v) is 10.6. The van der Waals surface area contributed by atoms with Gasteiger partial charge in [0.2, 0.25) is 0 Å². The summed E-state index contributed by atoms with van der Waals surface area (Å²) < 4.78 is 1.87. The molecule has 0 aliphatic rings. The Morgan fingerprint density at radius 3 is 2.82 bits per heavy atom. The molecule has 2 N–H and O–H groups in total. The summed E-state index contributed by atoms with van der Waals surface area (Å²) in [5.41, 5.74) is 2.34. The van der Waals surface area contributed by atoms with Gasteiger partial charge in [0.05, 0.1) is 10.6 Å². The van der Waals surface area contributed by atoms with Gasteiger partial charge in [0, 0.05) is 52.0 Å². The molecule has 0 saturated carbocycles. The maximum Gasteiger partial charge on any atom is 0.261 e. The van der Waals surface area contributed by atoms with E-state index in [0.717, 1.165) is 36.0 Å². The SMILES string of the molecule is CCNC(=NCCCNC(=O)c1cccs1)N(C)Cc1cn(C)nc1C(C)C. The molecule has 2 aromatic rings. The highest BCUT2D eigenvalue weighted by Crippen LogP contribution is 2.18. The highest BCUT2D eigenvalue weighted by atomic mass is 32.1. The smallest absolute Gasteiger partial charge is 0.261 e. The highest BCUT2D eigenvalue weighted by molar-refractivity contribution is 7.12. The monoisotopic (exact) mass is 404 g/mol. The number of hydrogen-bond donors (Lipinski definition) is 2. The van der Waals surface area contributed by atoms with Crippen LogP contribution in [0.2, 0.25) is 0 Å². The maximum atomic E-state index is 11.9. The minimum absolute atomic E-state index is 0.0132. The number of rotatable bonds is 9. The molecule has 154 valence electrons. The normalized spacial score (nSPS) is 11.7. The van der Waals surface area contributed by atoms with Crippen molar-refractivity contribution < 1.29 is 4.79 Å². The lowest BCUT2D eigenvalue weighted by Crippen LogP contribution is -2.38. The van der Waals surface area contributed by atoms with Crippen LogP contribution in [0.1, 0.15) is 54.0 Å². The molecule has 7 nitrogen and oxygen atoms in total. The van der Waals surface area contributed by atoms with E-state index in [1.165, 1.54) is 16.9 Å². The lowest BCUT2D eigenvalue weighted by Gasteiger charge is -2.22. The quantitative estimate of drug-likeness (QED) is 0.383. The van der Waals surface area contributed by atoms with Crippen LogP contribution < -0.4 is 10.6 Å². The Labute approximate surface area is 171 Å². The fourth-order valence-electron chi connectivity index (χ4n) is 2.92. The van der Waals surface area contributed by atoms with Crippen molar-refractivity contribution in [3.05, 3.63) is 39.8 Å². The molecule has 0 radical (unpaired) electrons. The molecule has 0 atom stereocenters. The average molecular weight is 405 g/mol. The first-order valence-electron chi connectivity index (χ1n) is 9.76. The van der Waals surface area contributed by atoms with E-state index in [-0.39, 0.29) is 5.91 Å². The van der Waals surface area contributed by atoms with Gasteiger partial charge in [-0.1, -0.05) is 19.9 Å². The van der Waals surface area contributed by atoms with Gasteiger partial charge < -0.3 is 15.5 Å². The molecule has 0 aromatic carbocycles. The number of nitrogens with zero attached hydrogens (tertiary/aromatic N) is 4. The van der Waals surface area contributed by atoms with E-state index in [1.54, 1.807) is 0 Å². The van der Waals surface area contributed by atoms with Crippen molar-refractivity contribution in [2.75, 3.05) is 26.7 Å². The number of hydrogen-bond acceptors (Lipinski definition) is 4. The summed E-state index contributed by atoms with van der Waals surface area (Å²) in [6, 6.07) is 3.72. The zero-order chi connectivity index (χ0) is 20.5.